The number of rotatable bonds is 2. The number of fused-ring (bicyclic) bond motifs is 1. The maximum Gasteiger partial charge on any atom is 0.256 e. The first-order valence-electron chi connectivity index (χ1n) is 7.48. The predicted octanol–water partition coefficient (Wildman–Crippen LogP) is 2.91. The number of hydrogen-bond acceptors (Lipinski definition) is 3. The largest absolute Gasteiger partial charge is 0.337 e. The van der Waals surface area contributed by atoms with Crippen LogP contribution in [-0.2, 0) is 0 Å². The van der Waals surface area contributed by atoms with Crippen molar-refractivity contribution in [2.45, 2.75) is 13.0 Å². The minimum absolute atomic E-state index is 0.0385. The van der Waals surface area contributed by atoms with Crippen LogP contribution in [0.4, 0.5) is 0 Å². The number of amides is 1. The van der Waals surface area contributed by atoms with Crippen LogP contribution < -0.4 is 0 Å². The Hall–Kier alpha value is -1.65. The Labute approximate surface area is 135 Å². The molecular formula is C17H20ClN3O. The van der Waals surface area contributed by atoms with E-state index in [9.17, 15) is 4.79 Å². The number of halogens is 1. The van der Waals surface area contributed by atoms with E-state index in [-0.39, 0.29) is 5.91 Å². The first-order chi connectivity index (χ1) is 10.5. The maximum absolute atomic E-state index is 12.9. The van der Waals surface area contributed by atoms with Crippen LogP contribution in [0, 0.1) is 5.92 Å². The molecular weight excluding hydrogens is 298 g/mol. The second-order valence-electron chi connectivity index (χ2n) is 6.21. The van der Waals surface area contributed by atoms with Crippen molar-refractivity contribution in [1.82, 2.24) is 14.8 Å². The van der Waals surface area contributed by atoms with E-state index in [0.29, 0.717) is 28.1 Å². The number of carbonyl (C=O) groups is 1. The molecule has 2 aromatic rings. The minimum atomic E-state index is 0.0385. The summed E-state index contributed by atoms with van der Waals surface area (Å²) >= 11 is 6.21. The Morgan fingerprint density at radius 2 is 2.09 bits per heavy atom. The fourth-order valence-corrected chi connectivity index (χ4v) is 3.48. The highest BCUT2D eigenvalue weighted by molar-refractivity contribution is 6.36. The molecule has 0 saturated carbocycles. The molecule has 0 spiro atoms. The van der Waals surface area contributed by atoms with Crippen LogP contribution in [0.5, 0.6) is 0 Å². The Morgan fingerprint density at radius 3 is 2.77 bits per heavy atom. The Morgan fingerprint density at radius 1 is 1.32 bits per heavy atom. The predicted molar refractivity (Wildman–Crippen MR) is 89.3 cm³/mol. The molecule has 1 aromatic heterocycles. The van der Waals surface area contributed by atoms with E-state index in [1.54, 1.807) is 18.3 Å². The highest BCUT2D eigenvalue weighted by atomic mass is 35.5. The molecule has 1 fully saturated rings. The van der Waals surface area contributed by atoms with Crippen molar-refractivity contribution in [2.24, 2.45) is 5.92 Å². The molecule has 0 aliphatic carbocycles. The summed E-state index contributed by atoms with van der Waals surface area (Å²) in [5, 5.41) is 1.45. The molecule has 4 nitrogen and oxygen atoms in total. The van der Waals surface area contributed by atoms with Crippen molar-refractivity contribution < 1.29 is 4.79 Å². The van der Waals surface area contributed by atoms with Gasteiger partial charge < -0.3 is 9.80 Å². The molecule has 22 heavy (non-hydrogen) atoms. The van der Waals surface area contributed by atoms with Crippen molar-refractivity contribution in [3.63, 3.8) is 0 Å². The van der Waals surface area contributed by atoms with Gasteiger partial charge in [-0.1, -0.05) is 18.5 Å². The van der Waals surface area contributed by atoms with Crippen molar-refractivity contribution in [3.8, 4) is 0 Å². The lowest BCUT2D eigenvalue weighted by Gasteiger charge is -2.22. The second-order valence-corrected chi connectivity index (χ2v) is 6.62. The number of likely N-dealkylation sites (tertiary alicyclic amines) is 1. The third kappa shape index (κ3) is 2.57. The maximum atomic E-state index is 12.9. The lowest BCUT2D eigenvalue weighted by atomic mass is 10.1. The van der Waals surface area contributed by atoms with Gasteiger partial charge in [0.25, 0.3) is 5.91 Å². The zero-order valence-electron chi connectivity index (χ0n) is 13.1. The lowest BCUT2D eigenvalue weighted by molar-refractivity contribution is 0.0783. The van der Waals surface area contributed by atoms with E-state index in [1.165, 1.54) is 0 Å². The molecule has 1 saturated heterocycles. The molecule has 1 amide bonds. The number of likely N-dealkylation sites (N-methyl/N-ethyl adjacent to an activating group) is 1. The molecule has 1 aliphatic rings. The standard InChI is InChI=1S/C17H20ClN3O/c1-11-9-21(10-15(11)20(2)3)17(22)13-6-7-14(18)12-5-4-8-19-16(12)13/h4-8,11,15H,9-10H2,1-3H3/t11-,15-/m0/s1. The molecule has 0 radical (unpaired) electrons. The van der Waals surface area contributed by atoms with E-state index in [1.807, 2.05) is 17.0 Å². The van der Waals surface area contributed by atoms with Gasteiger partial charge in [-0.05, 0) is 44.3 Å². The second kappa shape index (κ2) is 5.86. The minimum Gasteiger partial charge on any atom is -0.337 e. The highest BCUT2D eigenvalue weighted by Crippen LogP contribution is 2.28. The molecule has 2 heterocycles. The summed E-state index contributed by atoms with van der Waals surface area (Å²) in [6, 6.07) is 7.70. The number of nitrogens with zero attached hydrogens (tertiary/aromatic N) is 3. The van der Waals surface area contributed by atoms with E-state index < -0.39 is 0 Å². The van der Waals surface area contributed by atoms with Crippen molar-refractivity contribution >= 4 is 28.4 Å². The summed E-state index contributed by atoms with van der Waals surface area (Å²) in [5.74, 6) is 0.502. The first kappa shape index (κ1) is 15.3. The Balaban J connectivity index is 1.96. The fourth-order valence-electron chi connectivity index (χ4n) is 3.27. The van der Waals surface area contributed by atoms with Crippen LogP contribution in [0.1, 0.15) is 17.3 Å². The molecule has 0 unspecified atom stereocenters. The molecule has 1 aromatic carbocycles. The summed E-state index contributed by atoms with van der Waals surface area (Å²) in [6.45, 7) is 3.72. The van der Waals surface area contributed by atoms with Crippen LogP contribution in [0.25, 0.3) is 10.9 Å². The molecule has 2 atom stereocenters. The van der Waals surface area contributed by atoms with Gasteiger partial charge >= 0.3 is 0 Å². The van der Waals surface area contributed by atoms with Crippen LogP contribution in [-0.4, -0.2) is 53.9 Å². The molecule has 0 bridgehead atoms. The van der Waals surface area contributed by atoms with E-state index in [4.69, 9.17) is 11.6 Å². The number of hydrogen-bond donors (Lipinski definition) is 0. The van der Waals surface area contributed by atoms with Crippen molar-refractivity contribution in [1.29, 1.82) is 0 Å². The van der Waals surface area contributed by atoms with Gasteiger partial charge in [0.05, 0.1) is 16.1 Å². The first-order valence-corrected chi connectivity index (χ1v) is 7.85. The smallest absolute Gasteiger partial charge is 0.256 e. The third-order valence-electron chi connectivity index (χ3n) is 4.47. The summed E-state index contributed by atoms with van der Waals surface area (Å²) in [5.41, 5.74) is 1.31. The van der Waals surface area contributed by atoms with Crippen LogP contribution in [0.2, 0.25) is 5.02 Å². The fraction of sp³-hybridized carbons (Fsp3) is 0.412. The summed E-state index contributed by atoms with van der Waals surface area (Å²) in [4.78, 5) is 21.4. The zero-order valence-corrected chi connectivity index (χ0v) is 13.8. The van der Waals surface area contributed by atoms with E-state index >= 15 is 0 Å². The number of pyridine rings is 1. The van der Waals surface area contributed by atoms with Gasteiger partial charge in [-0.15, -0.1) is 0 Å². The van der Waals surface area contributed by atoms with Gasteiger partial charge in [0.1, 0.15) is 0 Å². The summed E-state index contributed by atoms with van der Waals surface area (Å²) < 4.78 is 0. The van der Waals surface area contributed by atoms with Gasteiger partial charge in [-0.25, -0.2) is 0 Å². The quantitative estimate of drug-likeness (QED) is 0.854. The SMILES string of the molecule is C[C@H]1CN(C(=O)c2ccc(Cl)c3cccnc23)C[C@@H]1N(C)C. The average Bonchev–Trinajstić information content (AvgIpc) is 2.89. The molecule has 116 valence electrons. The number of aromatic nitrogens is 1. The zero-order chi connectivity index (χ0) is 15.9. The molecule has 1 aliphatic heterocycles. The Kier molecular flexibility index (Phi) is 4.06. The van der Waals surface area contributed by atoms with Crippen LogP contribution in [0.15, 0.2) is 30.5 Å². The Bertz CT molecular complexity index is 716. The topological polar surface area (TPSA) is 36.4 Å². The summed E-state index contributed by atoms with van der Waals surface area (Å²) in [7, 11) is 4.13. The summed E-state index contributed by atoms with van der Waals surface area (Å²) in [6.07, 6.45) is 1.70. The number of carbonyl (C=O) groups excluding carboxylic acids is 1. The molecule has 0 N–H and O–H groups in total. The van der Waals surface area contributed by atoms with Crippen LogP contribution in [0.3, 0.4) is 0 Å². The van der Waals surface area contributed by atoms with Crippen molar-refractivity contribution in [3.05, 3.63) is 41.0 Å². The van der Waals surface area contributed by atoms with E-state index in [0.717, 1.165) is 18.5 Å². The average molecular weight is 318 g/mol. The van der Waals surface area contributed by atoms with Gasteiger partial charge in [-0.3, -0.25) is 9.78 Å². The lowest BCUT2D eigenvalue weighted by Crippen LogP contribution is -2.35. The normalized spacial score (nSPS) is 21.8. The van der Waals surface area contributed by atoms with E-state index in [2.05, 4.69) is 30.9 Å². The monoisotopic (exact) mass is 317 g/mol. The van der Waals surface area contributed by atoms with Gasteiger partial charge in [0, 0.05) is 30.7 Å². The van der Waals surface area contributed by atoms with Gasteiger partial charge in [0.15, 0.2) is 0 Å². The third-order valence-corrected chi connectivity index (χ3v) is 4.80. The highest BCUT2D eigenvalue weighted by Gasteiger charge is 2.34. The van der Waals surface area contributed by atoms with Gasteiger partial charge in [0.2, 0.25) is 0 Å². The molecule has 3 rings (SSSR count). The van der Waals surface area contributed by atoms with Gasteiger partial charge in [-0.2, -0.15) is 0 Å². The number of benzene rings is 1. The van der Waals surface area contributed by atoms with Crippen LogP contribution >= 0.6 is 11.6 Å². The molecule has 5 heteroatoms. The van der Waals surface area contributed by atoms with Crippen molar-refractivity contribution in [2.75, 3.05) is 27.2 Å².